The number of primary amides is 1. The Bertz CT molecular complexity index is 650. The van der Waals surface area contributed by atoms with Crippen LogP contribution in [0.5, 0.6) is 0 Å². The topological polar surface area (TPSA) is 137 Å². The standard InChI is InChI=1S/C11H11N5O3/c1-5-6(10(13)17)3-2-4-7(5)14-11(18)8-9(12)16-19-15-8/h2-4H,1H3,(H2,12,16)(H2,13,17)(H,14,18). The van der Waals surface area contributed by atoms with Gasteiger partial charge in [0.1, 0.15) is 0 Å². The summed E-state index contributed by atoms with van der Waals surface area (Å²) in [6.07, 6.45) is 0. The van der Waals surface area contributed by atoms with Gasteiger partial charge in [0.2, 0.25) is 17.4 Å². The minimum absolute atomic E-state index is 0.110. The quantitative estimate of drug-likeness (QED) is 0.727. The van der Waals surface area contributed by atoms with Crippen LogP contribution in [0.3, 0.4) is 0 Å². The van der Waals surface area contributed by atoms with Crippen molar-refractivity contribution in [1.82, 2.24) is 10.3 Å². The van der Waals surface area contributed by atoms with Crippen LogP contribution < -0.4 is 16.8 Å². The van der Waals surface area contributed by atoms with Crippen molar-refractivity contribution in [2.75, 3.05) is 11.1 Å². The first-order valence-corrected chi connectivity index (χ1v) is 5.29. The number of carbonyl (C=O) groups is 2. The van der Waals surface area contributed by atoms with Crippen LogP contribution >= 0.6 is 0 Å². The molecular formula is C11H11N5O3. The van der Waals surface area contributed by atoms with E-state index in [2.05, 4.69) is 20.3 Å². The minimum atomic E-state index is -0.580. The van der Waals surface area contributed by atoms with Gasteiger partial charge >= 0.3 is 0 Å². The van der Waals surface area contributed by atoms with Crippen molar-refractivity contribution in [3.63, 3.8) is 0 Å². The number of nitrogens with one attached hydrogen (secondary N) is 1. The fraction of sp³-hybridized carbons (Fsp3) is 0.0909. The average Bonchev–Trinajstić information content (AvgIpc) is 2.77. The smallest absolute Gasteiger partial charge is 0.281 e. The highest BCUT2D eigenvalue weighted by Gasteiger charge is 2.17. The van der Waals surface area contributed by atoms with Crippen LogP contribution in [-0.4, -0.2) is 22.1 Å². The summed E-state index contributed by atoms with van der Waals surface area (Å²) < 4.78 is 4.34. The van der Waals surface area contributed by atoms with Crippen LogP contribution in [-0.2, 0) is 0 Å². The lowest BCUT2D eigenvalue weighted by Gasteiger charge is -2.09. The van der Waals surface area contributed by atoms with Crippen LogP contribution in [0.25, 0.3) is 0 Å². The predicted molar refractivity (Wildman–Crippen MR) is 66.4 cm³/mol. The molecule has 98 valence electrons. The van der Waals surface area contributed by atoms with Gasteiger partial charge in [0.25, 0.3) is 5.91 Å². The van der Waals surface area contributed by atoms with Crippen LogP contribution in [0, 0.1) is 6.92 Å². The lowest BCUT2D eigenvalue weighted by molar-refractivity contribution is 0.0994. The SMILES string of the molecule is Cc1c(NC(=O)c2nonc2N)cccc1C(N)=O. The summed E-state index contributed by atoms with van der Waals surface area (Å²) in [5.74, 6) is -1.26. The van der Waals surface area contributed by atoms with E-state index in [1.54, 1.807) is 25.1 Å². The monoisotopic (exact) mass is 261 g/mol. The summed E-state index contributed by atoms with van der Waals surface area (Å²) >= 11 is 0. The van der Waals surface area contributed by atoms with E-state index in [9.17, 15) is 9.59 Å². The Morgan fingerprint density at radius 2 is 2.05 bits per heavy atom. The fourth-order valence-corrected chi connectivity index (χ4v) is 1.57. The van der Waals surface area contributed by atoms with Gasteiger partial charge in [-0.1, -0.05) is 6.07 Å². The molecular weight excluding hydrogens is 250 g/mol. The molecule has 5 N–H and O–H groups in total. The molecule has 0 atom stereocenters. The van der Waals surface area contributed by atoms with E-state index in [-0.39, 0.29) is 11.5 Å². The van der Waals surface area contributed by atoms with E-state index >= 15 is 0 Å². The third-order valence-electron chi connectivity index (χ3n) is 2.58. The number of rotatable bonds is 3. The minimum Gasteiger partial charge on any atom is -0.379 e. The van der Waals surface area contributed by atoms with E-state index in [0.29, 0.717) is 16.8 Å². The molecule has 19 heavy (non-hydrogen) atoms. The molecule has 1 aromatic carbocycles. The highest BCUT2D eigenvalue weighted by molar-refractivity contribution is 6.06. The van der Waals surface area contributed by atoms with Gasteiger partial charge < -0.3 is 16.8 Å². The number of aromatic nitrogens is 2. The molecule has 0 saturated heterocycles. The number of benzene rings is 1. The van der Waals surface area contributed by atoms with Crippen molar-refractivity contribution in [2.24, 2.45) is 5.73 Å². The molecule has 0 bridgehead atoms. The molecule has 0 unspecified atom stereocenters. The first kappa shape index (κ1) is 12.6. The number of hydrogen-bond acceptors (Lipinski definition) is 6. The Morgan fingerprint density at radius 1 is 1.32 bits per heavy atom. The molecule has 0 aliphatic rings. The van der Waals surface area contributed by atoms with Gasteiger partial charge in [-0.25, -0.2) is 4.63 Å². The van der Waals surface area contributed by atoms with E-state index in [4.69, 9.17) is 11.5 Å². The third-order valence-corrected chi connectivity index (χ3v) is 2.58. The first-order chi connectivity index (χ1) is 9.00. The largest absolute Gasteiger partial charge is 0.379 e. The van der Waals surface area contributed by atoms with E-state index < -0.39 is 11.8 Å². The van der Waals surface area contributed by atoms with Crippen LogP contribution in [0.4, 0.5) is 11.5 Å². The lowest BCUT2D eigenvalue weighted by atomic mass is 10.1. The second-order valence-electron chi connectivity index (χ2n) is 3.79. The van der Waals surface area contributed by atoms with Crippen LogP contribution in [0.1, 0.15) is 26.4 Å². The van der Waals surface area contributed by atoms with E-state index in [0.717, 1.165) is 0 Å². The Morgan fingerprint density at radius 3 is 2.63 bits per heavy atom. The number of nitrogen functional groups attached to an aromatic ring is 1. The molecule has 8 heteroatoms. The molecule has 2 rings (SSSR count). The molecule has 1 aromatic heterocycles. The van der Waals surface area contributed by atoms with Crippen molar-refractivity contribution < 1.29 is 14.2 Å². The van der Waals surface area contributed by atoms with Gasteiger partial charge in [-0.15, -0.1) is 0 Å². The third kappa shape index (κ3) is 2.37. The Kier molecular flexibility index (Phi) is 3.15. The summed E-state index contributed by atoms with van der Waals surface area (Å²) in [6, 6.07) is 4.80. The molecule has 0 aliphatic carbocycles. The first-order valence-electron chi connectivity index (χ1n) is 5.29. The van der Waals surface area contributed by atoms with E-state index in [1.807, 2.05) is 0 Å². The van der Waals surface area contributed by atoms with Gasteiger partial charge in [0, 0.05) is 11.3 Å². The van der Waals surface area contributed by atoms with Gasteiger partial charge in [-0.2, -0.15) is 0 Å². The Balaban J connectivity index is 2.30. The fourth-order valence-electron chi connectivity index (χ4n) is 1.57. The molecule has 0 fully saturated rings. The van der Waals surface area contributed by atoms with Crippen LogP contribution in [0.15, 0.2) is 22.8 Å². The molecule has 0 saturated carbocycles. The second-order valence-corrected chi connectivity index (χ2v) is 3.79. The highest BCUT2D eigenvalue weighted by atomic mass is 16.6. The summed E-state index contributed by atoms with van der Waals surface area (Å²) in [4.78, 5) is 23.1. The summed E-state index contributed by atoms with van der Waals surface area (Å²) in [6.45, 7) is 1.67. The second kappa shape index (κ2) is 4.77. The number of nitrogens with two attached hydrogens (primary N) is 2. The molecule has 0 radical (unpaired) electrons. The van der Waals surface area contributed by atoms with Crippen LogP contribution in [0.2, 0.25) is 0 Å². The number of carbonyl (C=O) groups excluding carboxylic acids is 2. The maximum absolute atomic E-state index is 11.9. The molecule has 0 aliphatic heterocycles. The van der Waals surface area contributed by atoms with Gasteiger partial charge in [0.05, 0.1) is 0 Å². The molecule has 2 aromatic rings. The number of nitrogens with zero attached hydrogens (tertiary/aromatic N) is 2. The zero-order valence-electron chi connectivity index (χ0n) is 10.0. The number of amides is 2. The number of hydrogen-bond donors (Lipinski definition) is 3. The summed E-state index contributed by atoms with van der Waals surface area (Å²) in [7, 11) is 0. The molecule has 1 heterocycles. The van der Waals surface area contributed by atoms with Crippen molar-refractivity contribution in [2.45, 2.75) is 6.92 Å². The number of anilines is 2. The van der Waals surface area contributed by atoms with Gasteiger partial charge in [0.15, 0.2) is 0 Å². The predicted octanol–water partition coefficient (Wildman–Crippen LogP) is 0.311. The summed E-state index contributed by atoms with van der Waals surface area (Å²) in [5.41, 5.74) is 11.8. The highest BCUT2D eigenvalue weighted by Crippen LogP contribution is 2.19. The maximum atomic E-state index is 11.9. The average molecular weight is 261 g/mol. The Labute approximate surface area is 107 Å². The van der Waals surface area contributed by atoms with E-state index in [1.165, 1.54) is 0 Å². The van der Waals surface area contributed by atoms with Crippen molar-refractivity contribution in [1.29, 1.82) is 0 Å². The van der Waals surface area contributed by atoms with Crippen molar-refractivity contribution >= 4 is 23.3 Å². The lowest BCUT2D eigenvalue weighted by Crippen LogP contribution is -2.17. The van der Waals surface area contributed by atoms with Crippen molar-refractivity contribution in [3.05, 3.63) is 35.0 Å². The zero-order chi connectivity index (χ0) is 14.0. The molecule has 8 nitrogen and oxygen atoms in total. The molecule has 2 amide bonds. The van der Waals surface area contributed by atoms with Gasteiger partial charge in [-0.3, -0.25) is 9.59 Å². The van der Waals surface area contributed by atoms with Gasteiger partial charge in [-0.05, 0) is 34.9 Å². The normalized spacial score (nSPS) is 10.2. The van der Waals surface area contributed by atoms with Crippen molar-refractivity contribution in [3.8, 4) is 0 Å². The summed E-state index contributed by atoms with van der Waals surface area (Å²) in [5, 5.41) is 9.25. The maximum Gasteiger partial charge on any atom is 0.281 e. The molecule has 0 spiro atoms. The Hall–Kier alpha value is -2.90. The zero-order valence-corrected chi connectivity index (χ0v) is 10.0.